The third kappa shape index (κ3) is 4.65. The Hall–Kier alpha value is 0.650. The maximum Gasteiger partial charge on any atom is 0.0169 e. The maximum atomic E-state index is 5.17. The van der Waals surface area contributed by atoms with Crippen molar-refractivity contribution in [3.8, 4) is 0 Å². The molecule has 0 atom stereocenters. The molecule has 38 valence electrons. The fraction of sp³-hybridized carbons (Fsp3) is 1.00. The van der Waals surface area contributed by atoms with E-state index in [2.05, 4.69) is 26.4 Å². The zero-order valence-corrected chi connectivity index (χ0v) is 5.73. The Balaban J connectivity index is 2.34. The smallest absolute Gasteiger partial charge is 0.0169 e. The van der Waals surface area contributed by atoms with Crippen LogP contribution in [0, 0.1) is 0 Å². The van der Waals surface area contributed by atoms with Crippen molar-refractivity contribution in [2.45, 2.75) is 6.42 Å². The van der Waals surface area contributed by atoms with E-state index >= 15 is 0 Å². The van der Waals surface area contributed by atoms with Crippen molar-refractivity contribution < 1.29 is 0 Å². The number of nitrogens with two attached hydrogens (primary N) is 1. The Labute approximate surface area is 52.0 Å². The summed E-state index contributed by atoms with van der Waals surface area (Å²) in [5, 5.41) is 0. The van der Waals surface area contributed by atoms with Gasteiger partial charge in [-0.05, 0) is 13.0 Å². The summed E-state index contributed by atoms with van der Waals surface area (Å²) in [6.07, 6.45) is 1.07. The monoisotopic (exact) mass is 200 g/mol. The number of rotatable bonds is 3. The van der Waals surface area contributed by atoms with Crippen LogP contribution in [0.2, 0.25) is 0 Å². The Kier molecular flexibility index (Phi) is 6.26. The highest BCUT2D eigenvalue weighted by Gasteiger charge is 1.74. The largest absolute Gasteiger partial charge is 0.330 e. The Morgan fingerprint density at radius 2 is 2.33 bits per heavy atom. The summed E-state index contributed by atoms with van der Waals surface area (Å²) >= 11 is 2.11. The molecule has 0 aromatic carbocycles. The lowest BCUT2D eigenvalue weighted by Crippen LogP contribution is -2.07. The summed E-state index contributed by atoms with van der Waals surface area (Å²) in [7, 11) is 0. The Morgan fingerprint density at radius 3 is 2.50 bits per heavy atom. The van der Waals surface area contributed by atoms with Gasteiger partial charge in [-0.2, -0.15) is 0 Å². The molecule has 0 aromatic heterocycles. The van der Waals surface area contributed by atoms with Gasteiger partial charge < -0.3 is 5.73 Å². The van der Waals surface area contributed by atoms with Gasteiger partial charge in [0.15, 0.2) is 0 Å². The van der Waals surface area contributed by atoms with E-state index in [4.69, 9.17) is 5.73 Å². The molecule has 0 amide bonds. The number of halogens is 1. The van der Waals surface area contributed by atoms with E-state index in [0.29, 0.717) is 0 Å². The Bertz CT molecular complexity index is 20.8. The van der Waals surface area contributed by atoms with Crippen molar-refractivity contribution in [1.29, 1.82) is 0 Å². The Morgan fingerprint density at radius 1 is 1.67 bits per heavy atom. The second-order valence-electron chi connectivity index (χ2n) is 1.03. The van der Waals surface area contributed by atoms with Crippen LogP contribution < -0.4 is 9.26 Å². The molecule has 0 bridgehead atoms. The van der Waals surface area contributed by atoms with E-state index < -0.39 is 0 Å². The molecule has 0 rings (SSSR count). The first-order valence-electron chi connectivity index (χ1n) is 1.95. The molecule has 6 heavy (non-hydrogen) atoms. The summed E-state index contributed by atoms with van der Waals surface area (Å²) in [5.41, 5.74) is 5.17. The molecule has 0 heterocycles. The van der Waals surface area contributed by atoms with E-state index in [1.807, 2.05) is 0 Å². The fourth-order valence-electron chi connectivity index (χ4n) is 0.169. The van der Waals surface area contributed by atoms with Crippen LogP contribution >= 0.6 is 22.9 Å². The zero-order chi connectivity index (χ0) is 4.83. The van der Waals surface area contributed by atoms with E-state index in [0.717, 1.165) is 19.5 Å². The van der Waals surface area contributed by atoms with Crippen molar-refractivity contribution >= 4 is 22.9 Å². The van der Waals surface area contributed by atoms with Gasteiger partial charge in [-0.1, -0.05) is 0 Å². The van der Waals surface area contributed by atoms with Crippen molar-refractivity contribution in [1.82, 2.24) is 3.53 Å². The molecular formula is C3H9IN2. The van der Waals surface area contributed by atoms with Crippen molar-refractivity contribution in [3.63, 3.8) is 0 Å². The van der Waals surface area contributed by atoms with Crippen LogP contribution in [0.5, 0.6) is 0 Å². The van der Waals surface area contributed by atoms with Crippen LogP contribution in [0.4, 0.5) is 0 Å². The first-order valence-corrected chi connectivity index (χ1v) is 3.03. The molecule has 0 aromatic rings. The average molecular weight is 200 g/mol. The SMILES string of the molecule is NCCCNI. The van der Waals surface area contributed by atoms with Crippen molar-refractivity contribution in [2.75, 3.05) is 13.1 Å². The molecule has 0 aliphatic rings. The minimum Gasteiger partial charge on any atom is -0.330 e. The molecular weight excluding hydrogens is 191 g/mol. The van der Waals surface area contributed by atoms with Gasteiger partial charge in [0.1, 0.15) is 0 Å². The molecule has 0 unspecified atom stereocenters. The lowest BCUT2D eigenvalue weighted by molar-refractivity contribution is 0.823. The maximum absolute atomic E-state index is 5.17. The third-order valence-electron chi connectivity index (χ3n) is 0.475. The second kappa shape index (κ2) is 5.65. The van der Waals surface area contributed by atoms with Gasteiger partial charge in [0, 0.05) is 29.4 Å². The molecule has 0 saturated heterocycles. The lowest BCUT2D eigenvalue weighted by atomic mass is 10.4. The summed E-state index contributed by atoms with van der Waals surface area (Å²) in [4.78, 5) is 0. The van der Waals surface area contributed by atoms with E-state index in [1.54, 1.807) is 0 Å². The van der Waals surface area contributed by atoms with E-state index in [1.165, 1.54) is 0 Å². The van der Waals surface area contributed by atoms with Gasteiger partial charge in [-0.15, -0.1) is 0 Å². The quantitative estimate of drug-likeness (QED) is 0.390. The van der Waals surface area contributed by atoms with Crippen molar-refractivity contribution in [2.24, 2.45) is 5.73 Å². The van der Waals surface area contributed by atoms with Gasteiger partial charge in [0.25, 0.3) is 0 Å². The van der Waals surface area contributed by atoms with Gasteiger partial charge in [-0.25, -0.2) is 0 Å². The van der Waals surface area contributed by atoms with Crippen molar-refractivity contribution in [3.05, 3.63) is 0 Å². The van der Waals surface area contributed by atoms with Crippen LogP contribution in [-0.4, -0.2) is 13.1 Å². The minimum absolute atomic E-state index is 0.788. The predicted octanol–water partition coefficient (Wildman–Crippen LogP) is 0.275. The molecule has 0 aliphatic carbocycles. The molecule has 0 aliphatic heterocycles. The summed E-state index contributed by atoms with van der Waals surface area (Å²) in [6.45, 7) is 1.81. The first-order chi connectivity index (χ1) is 2.91. The van der Waals surface area contributed by atoms with Gasteiger partial charge in [0.05, 0.1) is 0 Å². The third-order valence-corrected chi connectivity index (χ3v) is 1.01. The molecule has 0 spiro atoms. The minimum atomic E-state index is 0.788. The number of nitrogens with one attached hydrogen (secondary N) is 1. The van der Waals surface area contributed by atoms with E-state index in [-0.39, 0.29) is 0 Å². The molecule has 2 nitrogen and oxygen atoms in total. The van der Waals surface area contributed by atoms with Gasteiger partial charge in [-0.3, -0.25) is 3.53 Å². The zero-order valence-electron chi connectivity index (χ0n) is 3.58. The fourth-order valence-corrected chi connectivity index (χ4v) is 0.550. The highest BCUT2D eigenvalue weighted by atomic mass is 127. The predicted molar refractivity (Wildman–Crippen MR) is 35.7 cm³/mol. The summed E-state index contributed by atoms with van der Waals surface area (Å²) in [5.74, 6) is 0. The van der Waals surface area contributed by atoms with Crippen LogP contribution in [0.3, 0.4) is 0 Å². The van der Waals surface area contributed by atoms with Crippen LogP contribution in [0.1, 0.15) is 6.42 Å². The number of hydrogen-bond donors (Lipinski definition) is 2. The summed E-state index contributed by atoms with van der Waals surface area (Å²) < 4.78 is 2.96. The molecule has 3 heteroatoms. The highest BCUT2D eigenvalue weighted by molar-refractivity contribution is 14.1. The van der Waals surface area contributed by atoms with Crippen LogP contribution in [-0.2, 0) is 0 Å². The lowest BCUT2D eigenvalue weighted by Gasteiger charge is -1.88. The topological polar surface area (TPSA) is 38.0 Å². The molecule has 0 fully saturated rings. The first kappa shape index (κ1) is 6.65. The number of hydrogen-bond acceptors (Lipinski definition) is 2. The molecule has 3 N–H and O–H groups in total. The van der Waals surface area contributed by atoms with Gasteiger partial charge >= 0.3 is 0 Å². The van der Waals surface area contributed by atoms with Gasteiger partial charge in [0.2, 0.25) is 0 Å². The van der Waals surface area contributed by atoms with Crippen LogP contribution in [0.25, 0.3) is 0 Å². The molecule has 0 saturated carbocycles. The average Bonchev–Trinajstić information content (AvgIpc) is 1.61. The normalized spacial score (nSPS) is 9.00. The highest BCUT2D eigenvalue weighted by Crippen LogP contribution is 1.71. The second-order valence-corrected chi connectivity index (χ2v) is 1.79. The van der Waals surface area contributed by atoms with E-state index in [9.17, 15) is 0 Å². The van der Waals surface area contributed by atoms with Crippen LogP contribution in [0.15, 0.2) is 0 Å². The summed E-state index contributed by atoms with van der Waals surface area (Å²) in [6, 6.07) is 0. The molecule has 0 radical (unpaired) electrons. The standard InChI is InChI=1S/C3H9IN2/c4-6-3-1-2-5/h6H,1-3,5H2.